The van der Waals surface area contributed by atoms with E-state index in [-0.39, 0.29) is 17.9 Å². The summed E-state index contributed by atoms with van der Waals surface area (Å²) >= 11 is 0. The molecule has 0 spiro atoms. The number of likely N-dealkylation sites (tertiary alicyclic amines) is 1. The van der Waals surface area contributed by atoms with E-state index in [0.29, 0.717) is 18.7 Å². The van der Waals surface area contributed by atoms with Crippen molar-refractivity contribution in [2.45, 2.75) is 45.7 Å². The van der Waals surface area contributed by atoms with Crippen molar-refractivity contribution in [1.29, 1.82) is 0 Å². The van der Waals surface area contributed by atoms with Gasteiger partial charge in [0.25, 0.3) is 5.91 Å². The fraction of sp³-hybridized carbons (Fsp3) is 0.643. The van der Waals surface area contributed by atoms with E-state index in [4.69, 9.17) is 0 Å². The minimum absolute atomic E-state index is 0.0639. The Morgan fingerprint density at radius 1 is 1.45 bits per heavy atom. The maximum absolute atomic E-state index is 12.5. The van der Waals surface area contributed by atoms with Gasteiger partial charge in [-0.05, 0) is 40.2 Å². The Hall–Kier alpha value is -1.85. The van der Waals surface area contributed by atoms with Crippen molar-refractivity contribution in [3.63, 3.8) is 0 Å². The summed E-state index contributed by atoms with van der Waals surface area (Å²) in [5, 5.41) is 7.07. The molecule has 1 atom stereocenters. The van der Waals surface area contributed by atoms with Gasteiger partial charge in [0.15, 0.2) is 5.69 Å². The van der Waals surface area contributed by atoms with Crippen LogP contribution >= 0.6 is 0 Å². The van der Waals surface area contributed by atoms with Crippen LogP contribution in [0.15, 0.2) is 6.07 Å². The molecule has 2 amide bonds. The fourth-order valence-corrected chi connectivity index (χ4v) is 2.34. The second kappa shape index (κ2) is 4.92. The van der Waals surface area contributed by atoms with Gasteiger partial charge in [-0.15, -0.1) is 0 Å². The molecule has 1 fully saturated rings. The Kier molecular flexibility index (Phi) is 3.58. The lowest BCUT2D eigenvalue weighted by molar-refractivity contribution is -0.138. The summed E-state index contributed by atoms with van der Waals surface area (Å²) in [6, 6.07) is 1.82. The van der Waals surface area contributed by atoms with Crippen LogP contribution in [-0.4, -0.2) is 44.6 Å². The number of hydrogen-bond donors (Lipinski definition) is 1. The third-order valence-corrected chi connectivity index (χ3v) is 3.90. The van der Waals surface area contributed by atoms with Crippen LogP contribution < -0.4 is 5.32 Å². The monoisotopic (exact) mass is 278 g/mol. The molecular weight excluding hydrogens is 256 g/mol. The molecule has 0 saturated carbocycles. The van der Waals surface area contributed by atoms with Gasteiger partial charge in [0.2, 0.25) is 5.91 Å². The van der Waals surface area contributed by atoms with Crippen molar-refractivity contribution < 1.29 is 9.59 Å². The number of rotatable bonds is 3. The first-order valence-corrected chi connectivity index (χ1v) is 6.89. The third-order valence-electron chi connectivity index (χ3n) is 3.90. The molecule has 0 aromatic carbocycles. The highest BCUT2D eigenvalue weighted by molar-refractivity contribution is 5.99. The summed E-state index contributed by atoms with van der Waals surface area (Å²) in [6.07, 6.45) is 0.684. The molecule has 2 heterocycles. The number of aromatic nitrogens is 2. The first kappa shape index (κ1) is 14.6. The van der Waals surface area contributed by atoms with Crippen molar-refractivity contribution in [2.75, 3.05) is 6.54 Å². The standard InChI is InChI=1S/C14H22N4O2/c1-9(2)15-13(20)14(4)6-7-18(14)12(19)11-8-10(3)17(5)16-11/h8-9H,6-7H2,1-5H3,(H,15,20). The number of hydrogen-bond acceptors (Lipinski definition) is 3. The van der Waals surface area contributed by atoms with Crippen molar-refractivity contribution in [3.8, 4) is 0 Å². The number of aryl methyl sites for hydroxylation is 2. The second-order valence-corrected chi connectivity index (χ2v) is 5.90. The number of amides is 2. The minimum atomic E-state index is -0.757. The lowest BCUT2D eigenvalue weighted by Gasteiger charge is -2.49. The number of carbonyl (C=O) groups is 2. The summed E-state index contributed by atoms with van der Waals surface area (Å²) in [6.45, 7) is 8.12. The van der Waals surface area contributed by atoms with Crippen LogP contribution in [0, 0.1) is 6.92 Å². The van der Waals surface area contributed by atoms with E-state index in [1.807, 2.05) is 27.7 Å². The van der Waals surface area contributed by atoms with Crippen LogP contribution in [0.25, 0.3) is 0 Å². The highest BCUT2D eigenvalue weighted by Gasteiger charge is 2.50. The summed E-state index contributed by atoms with van der Waals surface area (Å²) in [7, 11) is 1.80. The van der Waals surface area contributed by atoms with Gasteiger partial charge < -0.3 is 10.2 Å². The molecule has 0 radical (unpaired) electrons. The average molecular weight is 278 g/mol. The SMILES string of the molecule is Cc1cc(C(=O)N2CCC2(C)C(=O)NC(C)C)nn1C. The molecule has 1 aromatic rings. The van der Waals surface area contributed by atoms with Crippen LogP contribution in [0.3, 0.4) is 0 Å². The van der Waals surface area contributed by atoms with E-state index in [2.05, 4.69) is 10.4 Å². The van der Waals surface area contributed by atoms with Gasteiger partial charge in [0.05, 0.1) is 0 Å². The smallest absolute Gasteiger partial charge is 0.275 e. The van der Waals surface area contributed by atoms with Gasteiger partial charge in [-0.1, -0.05) is 0 Å². The number of nitrogens with zero attached hydrogens (tertiary/aromatic N) is 3. The maximum Gasteiger partial charge on any atom is 0.275 e. The van der Waals surface area contributed by atoms with Crippen molar-refractivity contribution in [3.05, 3.63) is 17.5 Å². The molecule has 1 aliphatic rings. The largest absolute Gasteiger partial charge is 0.352 e. The zero-order chi connectivity index (χ0) is 15.1. The van der Waals surface area contributed by atoms with E-state index >= 15 is 0 Å². The predicted octanol–water partition coefficient (Wildman–Crippen LogP) is 0.858. The summed E-state index contributed by atoms with van der Waals surface area (Å²) in [5.41, 5.74) is 0.558. The maximum atomic E-state index is 12.5. The van der Waals surface area contributed by atoms with Gasteiger partial charge >= 0.3 is 0 Å². The average Bonchev–Trinajstić information content (AvgIpc) is 2.66. The molecule has 1 N–H and O–H groups in total. The van der Waals surface area contributed by atoms with E-state index in [1.54, 1.807) is 22.7 Å². The fourth-order valence-electron chi connectivity index (χ4n) is 2.34. The summed E-state index contributed by atoms with van der Waals surface area (Å²) in [4.78, 5) is 26.3. The highest BCUT2D eigenvalue weighted by Crippen LogP contribution is 2.32. The Bertz CT molecular complexity index is 530. The molecular formula is C14H22N4O2. The lowest BCUT2D eigenvalue weighted by atomic mass is 9.85. The Labute approximate surface area is 119 Å². The Balaban J connectivity index is 2.17. The number of nitrogens with one attached hydrogen (secondary N) is 1. The van der Waals surface area contributed by atoms with Gasteiger partial charge in [-0.25, -0.2) is 0 Å². The topological polar surface area (TPSA) is 67.2 Å². The molecule has 1 saturated heterocycles. The van der Waals surface area contributed by atoms with E-state index in [0.717, 1.165) is 5.69 Å². The third kappa shape index (κ3) is 2.30. The summed E-state index contributed by atoms with van der Waals surface area (Å²) in [5.74, 6) is -0.277. The van der Waals surface area contributed by atoms with E-state index in [1.165, 1.54) is 0 Å². The van der Waals surface area contributed by atoms with E-state index < -0.39 is 5.54 Å². The lowest BCUT2D eigenvalue weighted by Crippen LogP contribution is -2.68. The molecule has 0 bridgehead atoms. The van der Waals surface area contributed by atoms with Gasteiger partial charge in [-0.3, -0.25) is 14.3 Å². The molecule has 1 aromatic heterocycles. The van der Waals surface area contributed by atoms with Crippen LogP contribution in [-0.2, 0) is 11.8 Å². The molecule has 20 heavy (non-hydrogen) atoms. The molecule has 6 heteroatoms. The zero-order valence-electron chi connectivity index (χ0n) is 12.7. The van der Waals surface area contributed by atoms with Crippen molar-refractivity contribution in [2.24, 2.45) is 7.05 Å². The summed E-state index contributed by atoms with van der Waals surface area (Å²) < 4.78 is 1.67. The molecule has 0 aliphatic carbocycles. The number of carbonyl (C=O) groups excluding carboxylic acids is 2. The second-order valence-electron chi connectivity index (χ2n) is 5.90. The highest BCUT2D eigenvalue weighted by atomic mass is 16.2. The van der Waals surface area contributed by atoms with Gasteiger partial charge in [0, 0.05) is 25.3 Å². The van der Waals surface area contributed by atoms with Crippen molar-refractivity contribution >= 4 is 11.8 Å². The normalized spacial score (nSPS) is 21.8. The van der Waals surface area contributed by atoms with Gasteiger partial charge in [0.1, 0.15) is 5.54 Å². The van der Waals surface area contributed by atoms with Gasteiger partial charge in [-0.2, -0.15) is 5.10 Å². The van der Waals surface area contributed by atoms with Crippen LogP contribution in [0.1, 0.15) is 43.4 Å². The van der Waals surface area contributed by atoms with Crippen LogP contribution in [0.4, 0.5) is 0 Å². The van der Waals surface area contributed by atoms with Crippen LogP contribution in [0.2, 0.25) is 0 Å². The first-order chi connectivity index (χ1) is 9.25. The Morgan fingerprint density at radius 2 is 2.10 bits per heavy atom. The Morgan fingerprint density at radius 3 is 2.50 bits per heavy atom. The van der Waals surface area contributed by atoms with E-state index in [9.17, 15) is 9.59 Å². The quantitative estimate of drug-likeness (QED) is 0.891. The molecule has 1 aliphatic heterocycles. The molecule has 6 nitrogen and oxygen atoms in total. The molecule has 2 rings (SSSR count). The first-order valence-electron chi connectivity index (χ1n) is 6.89. The van der Waals surface area contributed by atoms with Crippen molar-refractivity contribution in [1.82, 2.24) is 20.0 Å². The predicted molar refractivity (Wildman–Crippen MR) is 75.3 cm³/mol. The van der Waals surface area contributed by atoms with Crippen LogP contribution in [0.5, 0.6) is 0 Å². The molecule has 1 unspecified atom stereocenters. The minimum Gasteiger partial charge on any atom is -0.352 e. The molecule has 110 valence electrons. The zero-order valence-corrected chi connectivity index (χ0v) is 12.7.